The number of amides is 2. The highest BCUT2D eigenvalue weighted by Gasteiger charge is 2.41. The molecule has 6 heteroatoms. The molecule has 0 aromatic heterocycles. The number of carbonyl (C=O) groups is 4. The van der Waals surface area contributed by atoms with Gasteiger partial charge in [0.1, 0.15) is 6.04 Å². The van der Waals surface area contributed by atoms with E-state index in [1.54, 1.807) is 36.4 Å². The molecular weight excluding hydrogens is 358 g/mol. The number of esters is 1. The minimum absolute atomic E-state index is 0.256. The van der Waals surface area contributed by atoms with E-state index in [9.17, 15) is 19.2 Å². The van der Waals surface area contributed by atoms with Crippen LogP contribution >= 0.6 is 0 Å². The van der Waals surface area contributed by atoms with Gasteiger partial charge in [0, 0.05) is 5.56 Å². The van der Waals surface area contributed by atoms with E-state index in [-0.39, 0.29) is 16.9 Å². The van der Waals surface area contributed by atoms with Crippen LogP contribution in [0.3, 0.4) is 0 Å². The third kappa shape index (κ3) is 3.33. The third-order valence-electron chi connectivity index (χ3n) is 5.01. The Balaban J connectivity index is 1.72. The molecule has 28 heavy (non-hydrogen) atoms. The quantitative estimate of drug-likeness (QED) is 0.453. The maximum atomic E-state index is 12.6. The first-order valence-electron chi connectivity index (χ1n) is 9.01. The minimum atomic E-state index is -1.14. The van der Waals surface area contributed by atoms with Crippen LogP contribution in [0.2, 0.25) is 0 Å². The zero-order valence-corrected chi connectivity index (χ0v) is 16.2. The number of ketones is 1. The Labute approximate surface area is 163 Å². The van der Waals surface area contributed by atoms with Gasteiger partial charge >= 0.3 is 5.97 Å². The van der Waals surface area contributed by atoms with Gasteiger partial charge in [0.2, 0.25) is 5.78 Å². The van der Waals surface area contributed by atoms with Gasteiger partial charge in [0.15, 0.2) is 6.10 Å². The average molecular weight is 379 g/mol. The van der Waals surface area contributed by atoms with Gasteiger partial charge in [-0.25, -0.2) is 4.79 Å². The Hall–Kier alpha value is -3.28. The van der Waals surface area contributed by atoms with Crippen molar-refractivity contribution >= 4 is 23.6 Å². The summed E-state index contributed by atoms with van der Waals surface area (Å²) in [4.78, 5) is 51.0. The van der Waals surface area contributed by atoms with Crippen molar-refractivity contribution < 1.29 is 23.9 Å². The summed E-state index contributed by atoms with van der Waals surface area (Å²) in [5.41, 5.74) is 2.97. The van der Waals surface area contributed by atoms with Crippen LogP contribution in [0.5, 0.6) is 0 Å². The van der Waals surface area contributed by atoms with Crippen LogP contribution in [-0.4, -0.2) is 40.6 Å². The molecule has 0 spiro atoms. The highest BCUT2D eigenvalue weighted by atomic mass is 16.5. The van der Waals surface area contributed by atoms with E-state index in [1.165, 1.54) is 13.8 Å². The summed E-state index contributed by atoms with van der Waals surface area (Å²) in [7, 11) is 0. The monoisotopic (exact) mass is 379 g/mol. The van der Waals surface area contributed by atoms with E-state index >= 15 is 0 Å². The number of Topliss-reactive ketones (excluding diaryl/α,β-unsaturated/α-hetero) is 1. The van der Waals surface area contributed by atoms with Crippen molar-refractivity contribution in [3.63, 3.8) is 0 Å². The lowest BCUT2D eigenvalue weighted by atomic mass is 10.0. The number of nitrogens with zero attached hydrogens (tertiary/aromatic N) is 1. The van der Waals surface area contributed by atoms with Gasteiger partial charge in [-0.3, -0.25) is 19.3 Å². The van der Waals surface area contributed by atoms with Crippen LogP contribution in [0.1, 0.15) is 56.0 Å². The standard InChI is InChI=1S/C22H21NO5/c1-12-9-10-16(11-13(12)2)19(24)15(4)28-22(27)14(3)23-20(25)17-7-5-6-8-18(17)21(23)26/h5-11,14-15H,1-4H3/t14-,15-/m0/s1. The molecule has 0 bridgehead atoms. The van der Waals surface area contributed by atoms with Gasteiger partial charge in [-0.15, -0.1) is 0 Å². The minimum Gasteiger partial charge on any atom is -0.453 e. The van der Waals surface area contributed by atoms with Gasteiger partial charge in [0.25, 0.3) is 11.8 Å². The zero-order valence-electron chi connectivity index (χ0n) is 16.2. The van der Waals surface area contributed by atoms with Crippen LogP contribution in [-0.2, 0) is 9.53 Å². The predicted molar refractivity (Wildman–Crippen MR) is 102 cm³/mol. The molecule has 2 aromatic carbocycles. The second-order valence-corrected chi connectivity index (χ2v) is 6.94. The number of imide groups is 1. The molecule has 144 valence electrons. The van der Waals surface area contributed by atoms with E-state index in [0.717, 1.165) is 16.0 Å². The maximum absolute atomic E-state index is 12.6. The molecule has 2 amide bonds. The Bertz CT molecular complexity index is 959. The van der Waals surface area contributed by atoms with E-state index < -0.39 is 29.9 Å². The van der Waals surface area contributed by atoms with Crippen LogP contribution in [0.25, 0.3) is 0 Å². The van der Waals surface area contributed by atoms with Gasteiger partial charge in [-0.1, -0.05) is 24.3 Å². The third-order valence-corrected chi connectivity index (χ3v) is 5.01. The fourth-order valence-electron chi connectivity index (χ4n) is 3.12. The number of hydrogen-bond donors (Lipinski definition) is 0. The molecule has 1 aliphatic rings. The Morgan fingerprint density at radius 2 is 1.46 bits per heavy atom. The molecule has 1 aliphatic heterocycles. The fourth-order valence-corrected chi connectivity index (χ4v) is 3.12. The highest BCUT2D eigenvalue weighted by Crippen LogP contribution is 2.25. The van der Waals surface area contributed by atoms with Crippen LogP contribution in [0, 0.1) is 13.8 Å². The summed E-state index contributed by atoms with van der Waals surface area (Å²) in [6.45, 7) is 6.73. The van der Waals surface area contributed by atoms with Crippen LogP contribution < -0.4 is 0 Å². The predicted octanol–water partition coefficient (Wildman–Crippen LogP) is 3.10. The molecule has 0 fully saturated rings. The lowest BCUT2D eigenvalue weighted by Crippen LogP contribution is -2.45. The number of aryl methyl sites for hydroxylation is 2. The molecular formula is C22H21NO5. The van der Waals surface area contributed by atoms with Crippen molar-refractivity contribution in [1.29, 1.82) is 0 Å². The van der Waals surface area contributed by atoms with Gasteiger partial charge < -0.3 is 4.74 Å². The summed E-state index contributed by atoms with van der Waals surface area (Å²) in [5, 5.41) is 0. The van der Waals surface area contributed by atoms with Crippen molar-refractivity contribution in [2.24, 2.45) is 0 Å². The SMILES string of the molecule is Cc1ccc(C(=O)[C@H](C)OC(=O)[C@H](C)N2C(=O)c3ccccc3C2=O)cc1C. The maximum Gasteiger partial charge on any atom is 0.329 e. The van der Waals surface area contributed by atoms with E-state index in [4.69, 9.17) is 4.74 Å². The smallest absolute Gasteiger partial charge is 0.329 e. The molecule has 3 rings (SSSR count). The van der Waals surface area contributed by atoms with Gasteiger partial charge in [0.05, 0.1) is 11.1 Å². The Morgan fingerprint density at radius 1 is 0.893 bits per heavy atom. The molecule has 0 aliphatic carbocycles. The number of fused-ring (bicyclic) bond motifs is 1. The zero-order chi connectivity index (χ0) is 20.6. The molecule has 0 saturated carbocycles. The van der Waals surface area contributed by atoms with Gasteiger partial charge in [-0.05, 0) is 57.0 Å². The second-order valence-electron chi connectivity index (χ2n) is 6.94. The summed E-state index contributed by atoms with van der Waals surface area (Å²) in [6.07, 6.45) is -1.03. The Kier molecular flexibility index (Phi) is 5.14. The van der Waals surface area contributed by atoms with E-state index in [0.29, 0.717) is 5.56 Å². The first kappa shape index (κ1) is 19.5. The van der Waals surface area contributed by atoms with Crippen molar-refractivity contribution in [3.05, 3.63) is 70.3 Å². The topological polar surface area (TPSA) is 80.8 Å². The first-order valence-corrected chi connectivity index (χ1v) is 9.01. The normalized spacial score (nSPS) is 15.2. The molecule has 0 unspecified atom stereocenters. The molecule has 2 aromatic rings. The van der Waals surface area contributed by atoms with Crippen molar-refractivity contribution in [2.75, 3.05) is 0 Å². The molecule has 0 N–H and O–H groups in total. The number of rotatable bonds is 5. The molecule has 0 radical (unpaired) electrons. The van der Waals surface area contributed by atoms with Crippen molar-refractivity contribution in [2.45, 2.75) is 39.8 Å². The molecule has 0 saturated heterocycles. The molecule has 6 nitrogen and oxygen atoms in total. The van der Waals surface area contributed by atoms with Crippen molar-refractivity contribution in [3.8, 4) is 0 Å². The number of benzene rings is 2. The summed E-state index contributed by atoms with van der Waals surface area (Å²) in [5.74, 6) is -2.23. The summed E-state index contributed by atoms with van der Waals surface area (Å²) < 4.78 is 5.27. The average Bonchev–Trinajstić information content (AvgIpc) is 2.93. The van der Waals surface area contributed by atoms with Crippen molar-refractivity contribution in [1.82, 2.24) is 4.90 Å². The summed E-state index contributed by atoms with van der Waals surface area (Å²) in [6, 6.07) is 10.5. The van der Waals surface area contributed by atoms with E-state index in [2.05, 4.69) is 0 Å². The fraction of sp³-hybridized carbons (Fsp3) is 0.273. The number of carbonyl (C=O) groups excluding carboxylic acids is 4. The molecule has 1 heterocycles. The second kappa shape index (κ2) is 7.38. The van der Waals surface area contributed by atoms with E-state index in [1.807, 2.05) is 19.9 Å². The highest BCUT2D eigenvalue weighted by molar-refractivity contribution is 6.22. The van der Waals surface area contributed by atoms with Gasteiger partial charge in [-0.2, -0.15) is 0 Å². The number of ether oxygens (including phenoxy) is 1. The molecule has 2 atom stereocenters. The lowest BCUT2D eigenvalue weighted by molar-refractivity contribution is -0.150. The summed E-state index contributed by atoms with van der Waals surface area (Å²) >= 11 is 0. The largest absolute Gasteiger partial charge is 0.453 e. The lowest BCUT2D eigenvalue weighted by Gasteiger charge is -2.22. The Morgan fingerprint density at radius 3 is 2.00 bits per heavy atom. The first-order chi connectivity index (χ1) is 13.2. The van der Waals surface area contributed by atoms with Crippen LogP contribution in [0.4, 0.5) is 0 Å². The number of hydrogen-bond acceptors (Lipinski definition) is 5. The van der Waals surface area contributed by atoms with Crippen LogP contribution in [0.15, 0.2) is 42.5 Å².